The number of aliphatic hydroxyl groups excluding tert-OH is 2. The van der Waals surface area contributed by atoms with Crippen molar-refractivity contribution in [3.8, 4) is 0 Å². The van der Waals surface area contributed by atoms with Crippen LogP contribution in [0.2, 0.25) is 0 Å². The van der Waals surface area contributed by atoms with Crippen molar-refractivity contribution in [3.05, 3.63) is 0 Å². The summed E-state index contributed by atoms with van der Waals surface area (Å²) in [5, 5.41) is 18.5. The van der Waals surface area contributed by atoms with Crippen LogP contribution >= 0.6 is 0 Å². The Kier molecular flexibility index (Phi) is 1.99. The van der Waals surface area contributed by atoms with Crippen molar-refractivity contribution < 1.29 is 14.9 Å². The van der Waals surface area contributed by atoms with Crippen molar-refractivity contribution in [2.24, 2.45) is 0 Å². The molecule has 2 N–H and O–H groups in total. The summed E-state index contributed by atoms with van der Waals surface area (Å²) in [7, 11) is 0. The molecule has 0 radical (unpaired) electrons. The third-order valence-corrected chi connectivity index (χ3v) is 2.30. The number of hydrogen-bond donors (Lipinski definition) is 2. The van der Waals surface area contributed by atoms with E-state index >= 15 is 0 Å². The van der Waals surface area contributed by atoms with Gasteiger partial charge in [-0.25, -0.2) is 0 Å². The van der Waals surface area contributed by atoms with Gasteiger partial charge in [0.05, 0.1) is 18.8 Å². The predicted octanol–water partition coefficient (Wildman–Crippen LogP) is -0.0929. The van der Waals surface area contributed by atoms with E-state index in [0.29, 0.717) is 13.0 Å². The molecule has 1 aliphatic rings. The molecule has 0 aliphatic carbocycles. The SMILES string of the molecule is C[C@@H](O)[C@@]1(C)OCC[C@@H]1O. The van der Waals surface area contributed by atoms with Crippen LogP contribution in [0.15, 0.2) is 0 Å². The summed E-state index contributed by atoms with van der Waals surface area (Å²) in [6.07, 6.45) is -0.501. The van der Waals surface area contributed by atoms with Gasteiger partial charge in [0.15, 0.2) is 0 Å². The minimum atomic E-state index is -0.736. The van der Waals surface area contributed by atoms with Crippen molar-refractivity contribution in [3.63, 3.8) is 0 Å². The average molecular weight is 146 g/mol. The van der Waals surface area contributed by atoms with Gasteiger partial charge in [0.2, 0.25) is 0 Å². The van der Waals surface area contributed by atoms with Gasteiger partial charge in [0.1, 0.15) is 5.60 Å². The zero-order chi connectivity index (χ0) is 7.78. The van der Waals surface area contributed by atoms with Crippen molar-refractivity contribution in [1.29, 1.82) is 0 Å². The topological polar surface area (TPSA) is 49.7 Å². The predicted molar refractivity (Wildman–Crippen MR) is 36.7 cm³/mol. The van der Waals surface area contributed by atoms with Gasteiger partial charge in [0.25, 0.3) is 0 Å². The first-order valence-corrected chi connectivity index (χ1v) is 3.57. The second-order valence-electron chi connectivity index (χ2n) is 3.01. The molecule has 1 rings (SSSR count). The zero-order valence-corrected chi connectivity index (χ0v) is 6.37. The van der Waals surface area contributed by atoms with Gasteiger partial charge in [-0.2, -0.15) is 0 Å². The second kappa shape index (κ2) is 2.49. The van der Waals surface area contributed by atoms with E-state index in [-0.39, 0.29) is 0 Å². The van der Waals surface area contributed by atoms with Crippen molar-refractivity contribution in [2.45, 2.75) is 38.1 Å². The Morgan fingerprint density at radius 1 is 1.70 bits per heavy atom. The van der Waals surface area contributed by atoms with Gasteiger partial charge in [-0.05, 0) is 20.3 Å². The lowest BCUT2D eigenvalue weighted by molar-refractivity contribution is -0.114. The Labute approximate surface area is 60.6 Å². The van der Waals surface area contributed by atoms with Crippen molar-refractivity contribution >= 4 is 0 Å². The Balaban J connectivity index is 2.66. The summed E-state index contributed by atoms with van der Waals surface area (Å²) in [6.45, 7) is 3.91. The maximum absolute atomic E-state index is 9.33. The van der Waals surface area contributed by atoms with Crippen LogP contribution in [0.3, 0.4) is 0 Å². The van der Waals surface area contributed by atoms with Crippen LogP contribution in [0.4, 0.5) is 0 Å². The molecule has 0 aromatic rings. The molecule has 1 heterocycles. The van der Waals surface area contributed by atoms with E-state index in [1.807, 2.05) is 0 Å². The van der Waals surface area contributed by atoms with Gasteiger partial charge >= 0.3 is 0 Å². The monoisotopic (exact) mass is 146 g/mol. The molecule has 0 spiro atoms. The average Bonchev–Trinajstić information content (AvgIpc) is 2.15. The fourth-order valence-corrected chi connectivity index (χ4v) is 1.17. The number of rotatable bonds is 1. The van der Waals surface area contributed by atoms with E-state index in [9.17, 15) is 10.2 Å². The normalized spacial score (nSPS) is 43.8. The summed E-state index contributed by atoms with van der Waals surface area (Å²) in [6, 6.07) is 0. The minimum Gasteiger partial charge on any atom is -0.390 e. The molecular weight excluding hydrogens is 132 g/mol. The molecule has 0 aromatic heterocycles. The molecule has 3 atom stereocenters. The van der Waals surface area contributed by atoms with Gasteiger partial charge in [-0.15, -0.1) is 0 Å². The fourth-order valence-electron chi connectivity index (χ4n) is 1.17. The quantitative estimate of drug-likeness (QED) is 0.543. The van der Waals surface area contributed by atoms with E-state index < -0.39 is 17.8 Å². The third kappa shape index (κ3) is 1.05. The number of aliphatic hydroxyl groups is 2. The van der Waals surface area contributed by atoms with E-state index in [1.54, 1.807) is 13.8 Å². The lowest BCUT2D eigenvalue weighted by atomic mass is 9.94. The molecule has 1 aliphatic heterocycles. The van der Waals surface area contributed by atoms with Crippen LogP contribution in [0.5, 0.6) is 0 Å². The summed E-state index contributed by atoms with van der Waals surface area (Å²) < 4.78 is 5.21. The molecular formula is C7H14O3. The first kappa shape index (κ1) is 7.98. The number of ether oxygens (including phenoxy) is 1. The smallest absolute Gasteiger partial charge is 0.117 e. The first-order valence-electron chi connectivity index (χ1n) is 3.57. The Bertz CT molecular complexity index is 124. The lowest BCUT2D eigenvalue weighted by Crippen LogP contribution is -2.45. The largest absolute Gasteiger partial charge is 0.390 e. The van der Waals surface area contributed by atoms with Crippen LogP contribution in [0.1, 0.15) is 20.3 Å². The van der Waals surface area contributed by atoms with Crippen LogP contribution in [0, 0.1) is 0 Å². The van der Waals surface area contributed by atoms with Gasteiger partial charge in [0, 0.05) is 0 Å². The maximum atomic E-state index is 9.33. The Morgan fingerprint density at radius 2 is 2.30 bits per heavy atom. The highest BCUT2D eigenvalue weighted by Gasteiger charge is 2.42. The molecule has 0 amide bonds. The maximum Gasteiger partial charge on any atom is 0.117 e. The minimum absolute atomic E-state index is 0.521. The van der Waals surface area contributed by atoms with Gasteiger partial charge in [-0.1, -0.05) is 0 Å². The Morgan fingerprint density at radius 3 is 2.50 bits per heavy atom. The second-order valence-corrected chi connectivity index (χ2v) is 3.01. The third-order valence-electron chi connectivity index (χ3n) is 2.30. The van der Waals surface area contributed by atoms with E-state index in [2.05, 4.69) is 0 Å². The molecule has 60 valence electrons. The van der Waals surface area contributed by atoms with E-state index in [4.69, 9.17) is 4.74 Å². The van der Waals surface area contributed by atoms with Crippen LogP contribution in [0.25, 0.3) is 0 Å². The summed E-state index contributed by atoms with van der Waals surface area (Å²) in [5.74, 6) is 0. The summed E-state index contributed by atoms with van der Waals surface area (Å²) in [5.41, 5.74) is -0.736. The van der Waals surface area contributed by atoms with Gasteiger partial charge < -0.3 is 14.9 Å². The highest BCUT2D eigenvalue weighted by atomic mass is 16.5. The lowest BCUT2D eigenvalue weighted by Gasteiger charge is -2.29. The molecule has 0 bridgehead atoms. The molecule has 10 heavy (non-hydrogen) atoms. The van der Waals surface area contributed by atoms with Crippen LogP contribution in [-0.2, 0) is 4.74 Å². The van der Waals surface area contributed by atoms with Crippen molar-refractivity contribution in [1.82, 2.24) is 0 Å². The standard InChI is InChI=1S/C7H14O3/c1-5(8)7(2)6(9)3-4-10-7/h5-6,8-9H,3-4H2,1-2H3/t5-,6+,7-/m1/s1. The highest BCUT2D eigenvalue weighted by molar-refractivity contribution is 4.92. The van der Waals surface area contributed by atoms with Crippen LogP contribution in [-0.4, -0.2) is 34.6 Å². The van der Waals surface area contributed by atoms with E-state index in [1.165, 1.54) is 0 Å². The molecule has 0 unspecified atom stereocenters. The molecule has 1 saturated heterocycles. The first-order chi connectivity index (χ1) is 4.57. The Hall–Kier alpha value is -0.120. The number of hydrogen-bond acceptors (Lipinski definition) is 3. The van der Waals surface area contributed by atoms with E-state index in [0.717, 1.165) is 0 Å². The van der Waals surface area contributed by atoms with Crippen molar-refractivity contribution in [2.75, 3.05) is 6.61 Å². The van der Waals surface area contributed by atoms with Crippen LogP contribution < -0.4 is 0 Å². The molecule has 0 aromatic carbocycles. The molecule has 3 nitrogen and oxygen atoms in total. The fraction of sp³-hybridized carbons (Fsp3) is 1.00. The van der Waals surface area contributed by atoms with Gasteiger partial charge in [-0.3, -0.25) is 0 Å². The zero-order valence-electron chi connectivity index (χ0n) is 6.37. The molecule has 0 saturated carbocycles. The summed E-state index contributed by atoms with van der Waals surface area (Å²) >= 11 is 0. The molecule has 1 fully saturated rings. The highest BCUT2D eigenvalue weighted by Crippen LogP contribution is 2.28. The summed E-state index contributed by atoms with van der Waals surface area (Å²) in [4.78, 5) is 0. The molecule has 3 heteroatoms.